The van der Waals surface area contributed by atoms with Gasteiger partial charge in [-0.15, -0.1) is 0 Å². The predicted octanol–water partition coefficient (Wildman–Crippen LogP) is 2.05. The van der Waals surface area contributed by atoms with E-state index < -0.39 is 0 Å². The van der Waals surface area contributed by atoms with Crippen molar-refractivity contribution in [1.29, 1.82) is 0 Å². The molecule has 3 N–H and O–H groups in total. The number of ether oxygens (including phenoxy) is 1. The second kappa shape index (κ2) is 5.57. The summed E-state index contributed by atoms with van der Waals surface area (Å²) in [6.07, 6.45) is 0. The Morgan fingerprint density at radius 3 is 2.53 bits per heavy atom. The maximum Gasteiger partial charge on any atom is 0.255 e. The van der Waals surface area contributed by atoms with E-state index in [1.54, 1.807) is 18.2 Å². The molecule has 1 unspecified atom stereocenters. The first-order chi connectivity index (χ1) is 7.95. The number of hydrogen-bond donors (Lipinski definition) is 2. The van der Waals surface area contributed by atoms with Crippen molar-refractivity contribution in [1.82, 2.24) is 5.32 Å². The third-order valence-corrected chi connectivity index (χ3v) is 2.83. The Labute approximate surface area is 102 Å². The number of carbonyl (C=O) groups is 1. The molecule has 1 aromatic carbocycles. The van der Waals surface area contributed by atoms with Gasteiger partial charge in [-0.2, -0.15) is 0 Å². The second-order valence-electron chi connectivity index (χ2n) is 4.47. The molecule has 4 nitrogen and oxygen atoms in total. The van der Waals surface area contributed by atoms with Crippen LogP contribution >= 0.6 is 0 Å². The van der Waals surface area contributed by atoms with Crippen molar-refractivity contribution in [2.45, 2.75) is 26.8 Å². The topological polar surface area (TPSA) is 64.3 Å². The molecule has 0 aromatic heterocycles. The first-order valence-corrected chi connectivity index (χ1v) is 5.70. The molecule has 1 rings (SSSR count). The number of rotatable bonds is 4. The zero-order valence-electron chi connectivity index (χ0n) is 10.8. The van der Waals surface area contributed by atoms with E-state index in [0.29, 0.717) is 22.9 Å². The van der Waals surface area contributed by atoms with Crippen molar-refractivity contribution < 1.29 is 9.53 Å². The van der Waals surface area contributed by atoms with Crippen LogP contribution in [0.5, 0.6) is 5.75 Å². The summed E-state index contributed by atoms with van der Waals surface area (Å²) in [6, 6.07) is 5.14. The third kappa shape index (κ3) is 3.37. The maximum atomic E-state index is 12.0. The van der Waals surface area contributed by atoms with E-state index in [9.17, 15) is 4.79 Å². The number of anilines is 1. The monoisotopic (exact) mass is 236 g/mol. The van der Waals surface area contributed by atoms with Crippen LogP contribution in [0.25, 0.3) is 0 Å². The molecule has 0 spiro atoms. The van der Waals surface area contributed by atoms with Crippen molar-refractivity contribution in [2.24, 2.45) is 5.92 Å². The van der Waals surface area contributed by atoms with Gasteiger partial charge in [0, 0.05) is 11.7 Å². The molecule has 0 aliphatic carbocycles. The van der Waals surface area contributed by atoms with Crippen molar-refractivity contribution >= 4 is 11.6 Å². The highest BCUT2D eigenvalue weighted by atomic mass is 16.5. The van der Waals surface area contributed by atoms with Gasteiger partial charge in [0.1, 0.15) is 5.75 Å². The van der Waals surface area contributed by atoms with Gasteiger partial charge in [-0.05, 0) is 31.0 Å². The van der Waals surface area contributed by atoms with Gasteiger partial charge < -0.3 is 15.8 Å². The van der Waals surface area contributed by atoms with Crippen molar-refractivity contribution in [3.63, 3.8) is 0 Å². The average molecular weight is 236 g/mol. The molecule has 17 heavy (non-hydrogen) atoms. The Morgan fingerprint density at radius 2 is 2.00 bits per heavy atom. The zero-order chi connectivity index (χ0) is 13.0. The molecular formula is C13H20N2O2. The van der Waals surface area contributed by atoms with Gasteiger partial charge in [-0.3, -0.25) is 4.79 Å². The standard InChI is InChI=1S/C13H20N2O2/c1-8(2)9(3)15-13(16)11-7-10(14)5-6-12(11)17-4/h5-9H,14H2,1-4H3,(H,15,16). The molecule has 1 atom stereocenters. The Kier molecular flexibility index (Phi) is 4.37. The number of nitrogen functional groups attached to an aromatic ring is 1. The maximum absolute atomic E-state index is 12.0. The Morgan fingerprint density at radius 1 is 1.35 bits per heavy atom. The van der Waals surface area contributed by atoms with Crippen LogP contribution in [0.1, 0.15) is 31.1 Å². The predicted molar refractivity (Wildman–Crippen MR) is 69.2 cm³/mol. The van der Waals surface area contributed by atoms with Gasteiger partial charge in [0.15, 0.2) is 0 Å². The number of amides is 1. The lowest BCUT2D eigenvalue weighted by molar-refractivity contribution is 0.0927. The van der Waals surface area contributed by atoms with Crippen LogP contribution in [0.15, 0.2) is 18.2 Å². The van der Waals surface area contributed by atoms with E-state index in [-0.39, 0.29) is 11.9 Å². The molecule has 0 fully saturated rings. The van der Waals surface area contributed by atoms with Crippen LogP contribution in [0.2, 0.25) is 0 Å². The van der Waals surface area contributed by atoms with Crippen LogP contribution in [-0.4, -0.2) is 19.1 Å². The van der Waals surface area contributed by atoms with Crippen molar-refractivity contribution in [3.05, 3.63) is 23.8 Å². The molecule has 1 amide bonds. The van der Waals surface area contributed by atoms with Crippen LogP contribution in [0.4, 0.5) is 5.69 Å². The Bertz CT molecular complexity index is 402. The van der Waals surface area contributed by atoms with Gasteiger partial charge in [0.05, 0.1) is 12.7 Å². The smallest absolute Gasteiger partial charge is 0.255 e. The molecule has 0 aliphatic rings. The Hall–Kier alpha value is -1.71. The number of carbonyl (C=O) groups excluding carboxylic acids is 1. The summed E-state index contributed by atoms with van der Waals surface area (Å²) in [6.45, 7) is 6.09. The van der Waals surface area contributed by atoms with E-state index in [0.717, 1.165) is 0 Å². The van der Waals surface area contributed by atoms with Gasteiger partial charge in [0.2, 0.25) is 0 Å². The number of nitrogens with one attached hydrogen (secondary N) is 1. The van der Waals surface area contributed by atoms with E-state index in [2.05, 4.69) is 19.2 Å². The quantitative estimate of drug-likeness (QED) is 0.786. The Balaban J connectivity index is 2.91. The number of nitrogens with two attached hydrogens (primary N) is 1. The minimum absolute atomic E-state index is 0.105. The number of benzene rings is 1. The third-order valence-electron chi connectivity index (χ3n) is 2.83. The van der Waals surface area contributed by atoms with Crippen LogP contribution in [0, 0.1) is 5.92 Å². The van der Waals surface area contributed by atoms with Crippen LogP contribution in [0.3, 0.4) is 0 Å². The first-order valence-electron chi connectivity index (χ1n) is 5.70. The highest BCUT2D eigenvalue weighted by Crippen LogP contribution is 2.21. The highest BCUT2D eigenvalue weighted by molar-refractivity contribution is 5.98. The molecule has 94 valence electrons. The summed E-state index contributed by atoms with van der Waals surface area (Å²) in [4.78, 5) is 12.0. The fourth-order valence-corrected chi connectivity index (χ4v) is 1.35. The molecule has 0 radical (unpaired) electrons. The fourth-order valence-electron chi connectivity index (χ4n) is 1.35. The zero-order valence-corrected chi connectivity index (χ0v) is 10.8. The summed E-state index contributed by atoms with van der Waals surface area (Å²) >= 11 is 0. The van der Waals surface area contributed by atoms with Gasteiger partial charge in [-0.25, -0.2) is 0 Å². The van der Waals surface area contributed by atoms with Crippen molar-refractivity contribution in [2.75, 3.05) is 12.8 Å². The summed E-state index contributed by atoms with van der Waals surface area (Å²) < 4.78 is 5.15. The largest absolute Gasteiger partial charge is 0.496 e. The first kappa shape index (κ1) is 13.4. The van der Waals surface area contributed by atoms with E-state index in [4.69, 9.17) is 10.5 Å². The normalized spacial score (nSPS) is 12.3. The van der Waals surface area contributed by atoms with Gasteiger partial charge >= 0.3 is 0 Å². The second-order valence-corrected chi connectivity index (χ2v) is 4.47. The molecule has 1 aromatic rings. The lowest BCUT2D eigenvalue weighted by Crippen LogP contribution is -2.36. The highest BCUT2D eigenvalue weighted by Gasteiger charge is 2.16. The molecule has 0 saturated heterocycles. The summed E-state index contributed by atoms with van der Waals surface area (Å²) in [5.74, 6) is 0.758. The minimum Gasteiger partial charge on any atom is -0.496 e. The van der Waals surface area contributed by atoms with Crippen LogP contribution < -0.4 is 15.8 Å². The molecule has 0 aliphatic heterocycles. The molecule has 4 heteroatoms. The summed E-state index contributed by atoms with van der Waals surface area (Å²) in [5, 5.41) is 2.92. The molecular weight excluding hydrogens is 216 g/mol. The summed E-state index contributed by atoms with van der Waals surface area (Å²) in [5.41, 5.74) is 6.70. The molecule has 0 heterocycles. The van der Waals surface area contributed by atoms with Gasteiger partial charge in [0.25, 0.3) is 5.91 Å². The lowest BCUT2D eigenvalue weighted by atomic mass is 10.1. The minimum atomic E-state index is -0.157. The van der Waals surface area contributed by atoms with E-state index >= 15 is 0 Å². The summed E-state index contributed by atoms with van der Waals surface area (Å²) in [7, 11) is 1.54. The lowest BCUT2D eigenvalue weighted by Gasteiger charge is -2.18. The number of hydrogen-bond acceptors (Lipinski definition) is 3. The van der Waals surface area contributed by atoms with Gasteiger partial charge in [-0.1, -0.05) is 13.8 Å². The fraction of sp³-hybridized carbons (Fsp3) is 0.462. The van der Waals surface area contributed by atoms with E-state index in [1.165, 1.54) is 7.11 Å². The molecule has 0 bridgehead atoms. The van der Waals surface area contributed by atoms with Crippen LogP contribution in [-0.2, 0) is 0 Å². The van der Waals surface area contributed by atoms with E-state index in [1.807, 2.05) is 6.92 Å². The molecule has 0 saturated carbocycles. The van der Waals surface area contributed by atoms with Crippen molar-refractivity contribution in [3.8, 4) is 5.75 Å². The SMILES string of the molecule is COc1ccc(N)cc1C(=O)NC(C)C(C)C. The average Bonchev–Trinajstić information content (AvgIpc) is 2.28. The number of methoxy groups -OCH3 is 1.